The molecule has 156 valence electrons. The topological polar surface area (TPSA) is 89.8 Å². The quantitative estimate of drug-likeness (QED) is 0.507. The minimum absolute atomic E-state index is 0.0259. The van der Waals surface area contributed by atoms with Gasteiger partial charge in [-0.1, -0.05) is 0 Å². The number of nitrogens with zero attached hydrogens (tertiary/aromatic N) is 2. The Hall–Kier alpha value is -2.72. The number of fused-ring (bicyclic) bond motifs is 1. The van der Waals surface area contributed by atoms with E-state index in [2.05, 4.69) is 26.2 Å². The third-order valence-electron chi connectivity index (χ3n) is 3.96. The summed E-state index contributed by atoms with van der Waals surface area (Å²) in [5, 5.41) is 2.02. The summed E-state index contributed by atoms with van der Waals surface area (Å²) < 4.78 is 20.2. The van der Waals surface area contributed by atoms with E-state index in [1.165, 1.54) is 34.7 Å². The van der Waals surface area contributed by atoms with Crippen molar-refractivity contribution in [2.75, 3.05) is 11.1 Å². The molecule has 0 aliphatic heterocycles. The van der Waals surface area contributed by atoms with Gasteiger partial charge in [-0.2, -0.15) is 0 Å². The summed E-state index contributed by atoms with van der Waals surface area (Å²) in [7, 11) is 0. The molecule has 0 radical (unpaired) electrons. The number of rotatable bonds is 7. The largest absolute Gasteiger partial charge is 0.458 e. The maximum Gasteiger partial charge on any atom is 0.319 e. The van der Waals surface area contributed by atoms with Crippen molar-refractivity contribution in [3.8, 4) is 0 Å². The Kier molecular flexibility index (Phi) is 7.22. The Morgan fingerprint density at radius 3 is 2.73 bits per heavy atom. The van der Waals surface area contributed by atoms with Gasteiger partial charge in [0.15, 0.2) is 0 Å². The van der Waals surface area contributed by atoms with Crippen LogP contribution in [0, 0.1) is 5.82 Å². The maximum atomic E-state index is 12.9. The van der Waals surface area contributed by atoms with Gasteiger partial charge < -0.3 is 10.1 Å². The number of aromatic nitrogens is 2. The third kappa shape index (κ3) is 5.90. The number of esters is 1. The van der Waals surface area contributed by atoms with Crippen molar-refractivity contribution in [3.05, 3.63) is 75.0 Å². The van der Waals surface area contributed by atoms with Gasteiger partial charge in [-0.05, 0) is 59.3 Å². The summed E-state index contributed by atoms with van der Waals surface area (Å²) >= 11 is 4.40. The standard InChI is InChI=1S/C20H17BrFN3O4S/c1-12(30-11-18(26)24-15-5-3-14(22)4-6-15)20(28)29-10-16-8-19(27)25-9-13(21)2-7-17(25)23-16/h2-9,12H,10-11H2,1H3,(H,24,26). The molecule has 1 amide bonds. The Labute approximate surface area is 183 Å². The summed E-state index contributed by atoms with van der Waals surface area (Å²) in [4.78, 5) is 40.6. The lowest BCUT2D eigenvalue weighted by atomic mass is 10.3. The van der Waals surface area contributed by atoms with Gasteiger partial charge in [0, 0.05) is 22.4 Å². The molecular formula is C20H17BrFN3O4S. The zero-order valence-electron chi connectivity index (χ0n) is 15.8. The molecule has 3 aromatic rings. The molecule has 0 saturated heterocycles. The van der Waals surface area contributed by atoms with Gasteiger partial charge in [-0.25, -0.2) is 9.37 Å². The van der Waals surface area contributed by atoms with E-state index in [9.17, 15) is 18.8 Å². The molecule has 2 heterocycles. The summed E-state index contributed by atoms with van der Waals surface area (Å²) in [5.74, 6) is -1.21. The molecule has 0 spiro atoms. The predicted molar refractivity (Wildman–Crippen MR) is 116 cm³/mol. The van der Waals surface area contributed by atoms with Crippen molar-refractivity contribution >= 4 is 50.9 Å². The van der Waals surface area contributed by atoms with Crippen LogP contribution in [0.1, 0.15) is 12.6 Å². The van der Waals surface area contributed by atoms with Crippen molar-refractivity contribution in [2.24, 2.45) is 0 Å². The van der Waals surface area contributed by atoms with E-state index in [1.54, 1.807) is 25.3 Å². The van der Waals surface area contributed by atoms with Gasteiger partial charge in [0.05, 0.1) is 11.4 Å². The summed E-state index contributed by atoms with van der Waals surface area (Å²) in [5.41, 5.74) is 0.962. The van der Waals surface area contributed by atoms with Crippen LogP contribution in [0.4, 0.5) is 10.1 Å². The Morgan fingerprint density at radius 1 is 1.27 bits per heavy atom. The van der Waals surface area contributed by atoms with Crippen LogP contribution in [-0.4, -0.2) is 32.3 Å². The van der Waals surface area contributed by atoms with Gasteiger partial charge >= 0.3 is 5.97 Å². The zero-order valence-corrected chi connectivity index (χ0v) is 18.2. The van der Waals surface area contributed by atoms with Crippen LogP contribution >= 0.6 is 27.7 Å². The molecule has 30 heavy (non-hydrogen) atoms. The second-order valence-corrected chi connectivity index (χ2v) is 8.52. The fraction of sp³-hybridized carbons (Fsp3) is 0.200. The fourth-order valence-corrected chi connectivity index (χ4v) is 3.48. The van der Waals surface area contributed by atoms with E-state index in [0.717, 1.165) is 16.2 Å². The number of ether oxygens (including phenoxy) is 1. The molecule has 1 aromatic carbocycles. The second-order valence-electron chi connectivity index (χ2n) is 6.28. The van der Waals surface area contributed by atoms with Crippen molar-refractivity contribution in [3.63, 3.8) is 0 Å². The molecule has 0 saturated carbocycles. The molecule has 0 bridgehead atoms. The third-order valence-corrected chi connectivity index (χ3v) is 5.55. The lowest BCUT2D eigenvalue weighted by Crippen LogP contribution is -2.22. The van der Waals surface area contributed by atoms with Crippen molar-refractivity contribution in [2.45, 2.75) is 18.8 Å². The number of thioether (sulfide) groups is 1. The molecule has 3 rings (SSSR count). The summed E-state index contributed by atoms with van der Waals surface area (Å²) in [6.45, 7) is 1.48. The van der Waals surface area contributed by atoms with Crippen LogP contribution in [0.15, 0.2) is 57.9 Å². The van der Waals surface area contributed by atoms with Crippen molar-refractivity contribution in [1.82, 2.24) is 9.38 Å². The first kappa shape index (κ1) is 22.0. The minimum Gasteiger partial charge on any atom is -0.458 e. The van der Waals surface area contributed by atoms with Crippen molar-refractivity contribution < 1.29 is 18.7 Å². The Balaban J connectivity index is 1.50. The molecule has 10 heteroatoms. The average Bonchev–Trinajstić information content (AvgIpc) is 2.72. The highest BCUT2D eigenvalue weighted by Gasteiger charge is 2.17. The average molecular weight is 494 g/mol. The lowest BCUT2D eigenvalue weighted by Gasteiger charge is -2.11. The first-order valence-electron chi connectivity index (χ1n) is 8.83. The van der Waals surface area contributed by atoms with Crippen LogP contribution < -0.4 is 10.9 Å². The maximum absolute atomic E-state index is 12.9. The Morgan fingerprint density at radius 2 is 2.00 bits per heavy atom. The SMILES string of the molecule is CC(SCC(=O)Nc1ccc(F)cc1)C(=O)OCc1cc(=O)n2cc(Br)ccc2n1. The monoisotopic (exact) mass is 493 g/mol. The number of carbonyl (C=O) groups excluding carboxylic acids is 2. The molecule has 1 unspecified atom stereocenters. The summed E-state index contributed by atoms with van der Waals surface area (Å²) in [6.07, 6.45) is 1.61. The van der Waals surface area contributed by atoms with Crippen LogP contribution in [0.2, 0.25) is 0 Å². The van der Waals surface area contributed by atoms with Crippen LogP contribution in [0.25, 0.3) is 5.65 Å². The van der Waals surface area contributed by atoms with Crippen molar-refractivity contribution in [1.29, 1.82) is 0 Å². The molecular weight excluding hydrogens is 477 g/mol. The van der Waals surface area contributed by atoms with Gasteiger partial charge in [-0.3, -0.25) is 18.8 Å². The number of benzene rings is 1. The number of carbonyl (C=O) groups is 2. The molecule has 0 aliphatic carbocycles. The van der Waals surface area contributed by atoms with E-state index in [4.69, 9.17) is 4.74 Å². The first-order valence-corrected chi connectivity index (χ1v) is 10.7. The van der Waals surface area contributed by atoms with Crippen LogP contribution in [-0.2, 0) is 20.9 Å². The van der Waals surface area contributed by atoms with Gasteiger partial charge in [-0.15, -0.1) is 11.8 Å². The number of pyridine rings is 1. The Bertz CT molecular complexity index is 1140. The van der Waals surface area contributed by atoms with E-state index in [-0.39, 0.29) is 23.8 Å². The zero-order chi connectivity index (χ0) is 21.7. The van der Waals surface area contributed by atoms with Crippen LogP contribution in [0.5, 0.6) is 0 Å². The molecule has 0 fully saturated rings. The number of nitrogens with one attached hydrogen (secondary N) is 1. The smallest absolute Gasteiger partial charge is 0.319 e. The van der Waals surface area contributed by atoms with E-state index < -0.39 is 17.0 Å². The lowest BCUT2D eigenvalue weighted by molar-refractivity contribution is -0.144. The van der Waals surface area contributed by atoms with E-state index >= 15 is 0 Å². The minimum atomic E-state index is -0.596. The number of halogens is 2. The number of hydrogen-bond acceptors (Lipinski definition) is 6. The predicted octanol–water partition coefficient (Wildman–Crippen LogP) is 3.40. The molecule has 7 nitrogen and oxygen atoms in total. The van der Waals surface area contributed by atoms with E-state index in [0.29, 0.717) is 17.0 Å². The number of anilines is 1. The highest BCUT2D eigenvalue weighted by atomic mass is 79.9. The fourth-order valence-electron chi connectivity index (χ4n) is 2.46. The number of hydrogen-bond donors (Lipinski definition) is 1. The summed E-state index contributed by atoms with van der Waals surface area (Å²) in [6, 6.07) is 10.1. The van der Waals surface area contributed by atoms with Gasteiger partial charge in [0.1, 0.15) is 23.3 Å². The number of amides is 1. The van der Waals surface area contributed by atoms with Crippen LogP contribution in [0.3, 0.4) is 0 Å². The van der Waals surface area contributed by atoms with E-state index in [1.807, 2.05) is 0 Å². The highest BCUT2D eigenvalue weighted by molar-refractivity contribution is 9.10. The molecule has 2 aromatic heterocycles. The van der Waals surface area contributed by atoms with Gasteiger partial charge in [0.2, 0.25) is 5.91 Å². The highest BCUT2D eigenvalue weighted by Crippen LogP contribution is 2.15. The normalized spacial score (nSPS) is 11.8. The molecule has 1 atom stereocenters. The second kappa shape index (κ2) is 9.86. The molecule has 0 aliphatic rings. The van der Waals surface area contributed by atoms with Gasteiger partial charge in [0.25, 0.3) is 5.56 Å². The first-order chi connectivity index (χ1) is 14.3. The molecule has 1 N–H and O–H groups in total.